The smallest absolute Gasteiger partial charge is 0.338 e. The average Bonchev–Trinajstić information content (AvgIpc) is 3.71. The number of hydrogen-bond acceptors (Lipinski definition) is 4. The van der Waals surface area contributed by atoms with Crippen molar-refractivity contribution in [3.63, 3.8) is 0 Å². The van der Waals surface area contributed by atoms with Crippen molar-refractivity contribution in [2.45, 2.75) is 27.2 Å². The number of carbonyl (C=O) groups is 1. The maximum atomic E-state index is 13.9. The molecule has 1 aliphatic heterocycles. The molecule has 3 nitrogen and oxygen atoms in total. The van der Waals surface area contributed by atoms with Crippen LogP contribution in [0.1, 0.15) is 60.4 Å². The molecule has 10 aromatic rings. The molecule has 0 spiro atoms. The van der Waals surface area contributed by atoms with Gasteiger partial charge < -0.3 is 9.64 Å². The van der Waals surface area contributed by atoms with E-state index in [1.807, 2.05) is 48.2 Å². The third kappa shape index (κ3) is 6.71. The zero-order chi connectivity index (χ0) is 45.5. The van der Waals surface area contributed by atoms with Gasteiger partial charge in [0.2, 0.25) is 0 Å². The number of ether oxygens (including phenoxy) is 1. The molecule has 12 rings (SSSR count). The molecule has 1 heterocycles. The van der Waals surface area contributed by atoms with Crippen molar-refractivity contribution >= 4 is 34.8 Å². The Labute approximate surface area is 402 Å². The van der Waals surface area contributed by atoms with Gasteiger partial charge in [0.25, 0.3) is 0 Å². The number of nitrogens with zero attached hydrogens (tertiary/aromatic N) is 1. The van der Waals surface area contributed by atoms with E-state index in [1.165, 1.54) is 37.6 Å². The summed E-state index contributed by atoms with van der Waals surface area (Å²) in [6.45, 7) is 0.204. The number of fused-ring (bicyclic) bond motifs is 5. The number of anilines is 3. The first-order valence-electron chi connectivity index (χ1n) is 23.1. The van der Waals surface area contributed by atoms with Crippen LogP contribution in [0, 0.1) is 0 Å². The van der Waals surface area contributed by atoms with Gasteiger partial charge in [-0.15, -0.1) is 0 Å². The Morgan fingerprint density at radius 1 is 0.382 bits per heavy atom. The third-order valence-corrected chi connectivity index (χ3v) is 15.0. The highest BCUT2D eigenvalue weighted by atomic mass is 32.2. The molecule has 0 fully saturated rings. The molecule has 1 unspecified atom stereocenters. The van der Waals surface area contributed by atoms with Gasteiger partial charge in [-0.2, -0.15) is 0 Å². The number of benzene rings is 10. The van der Waals surface area contributed by atoms with Crippen molar-refractivity contribution in [2.24, 2.45) is 0 Å². The summed E-state index contributed by atoms with van der Waals surface area (Å²) in [6, 6.07) is 92.9. The number of esters is 1. The second-order valence-corrected chi connectivity index (χ2v) is 18.5. The van der Waals surface area contributed by atoms with Gasteiger partial charge in [0.1, 0.15) is 6.61 Å². The van der Waals surface area contributed by atoms with Gasteiger partial charge in [-0.3, -0.25) is 0 Å². The Morgan fingerprint density at radius 3 is 1.50 bits per heavy atom. The molecule has 1 aliphatic carbocycles. The Bertz CT molecular complexity index is 3400. The van der Waals surface area contributed by atoms with E-state index in [-0.39, 0.29) is 12.6 Å². The summed E-state index contributed by atoms with van der Waals surface area (Å²) in [5.74, 6) is -0.348. The zero-order valence-electron chi connectivity index (χ0n) is 37.2. The van der Waals surface area contributed by atoms with Gasteiger partial charge in [0.15, 0.2) is 0 Å². The van der Waals surface area contributed by atoms with Crippen LogP contribution in [0.25, 0.3) is 11.1 Å². The van der Waals surface area contributed by atoms with Crippen molar-refractivity contribution in [1.82, 2.24) is 0 Å². The molecule has 68 heavy (non-hydrogen) atoms. The third-order valence-electron chi connectivity index (χ3n) is 13.8. The van der Waals surface area contributed by atoms with Gasteiger partial charge in [-0.05, 0) is 122 Å². The topological polar surface area (TPSA) is 29.5 Å². The predicted molar refractivity (Wildman–Crippen MR) is 276 cm³/mol. The molecule has 0 N–H and O–H groups in total. The Morgan fingerprint density at radius 2 is 0.853 bits per heavy atom. The summed E-state index contributed by atoms with van der Waals surface area (Å²) in [5.41, 5.74) is 15.0. The molecule has 324 valence electrons. The van der Waals surface area contributed by atoms with Crippen molar-refractivity contribution in [3.05, 3.63) is 316 Å². The lowest BCUT2D eigenvalue weighted by Gasteiger charge is -2.42. The fourth-order valence-electron chi connectivity index (χ4n) is 10.9. The van der Waals surface area contributed by atoms with Crippen LogP contribution in [-0.2, 0) is 22.2 Å². The minimum Gasteiger partial charge on any atom is -0.457 e. The van der Waals surface area contributed by atoms with E-state index in [0.29, 0.717) is 5.56 Å². The van der Waals surface area contributed by atoms with Crippen LogP contribution < -0.4 is 4.90 Å². The molecule has 2 aliphatic rings. The number of carbonyl (C=O) groups excluding carboxylic acids is 1. The molecule has 0 saturated carbocycles. The van der Waals surface area contributed by atoms with Gasteiger partial charge in [0, 0.05) is 26.9 Å². The minimum atomic E-state index is -0.721. The lowest BCUT2D eigenvalue weighted by Crippen LogP contribution is -2.34. The SMILES string of the molecule is O=C(OCc1ccccc1)c1ccc2c(c1)C(c1ccccc1)(c1ccc(N(c3ccccc3)c3cccc(C4(c5ccccc5)c5ccccc5Sc5ccccc54)c3)cc1)c1ccccc1-2. The van der Waals surface area contributed by atoms with Crippen molar-refractivity contribution in [3.8, 4) is 11.1 Å². The molecule has 1 atom stereocenters. The second-order valence-electron chi connectivity index (χ2n) is 17.5. The summed E-state index contributed by atoms with van der Waals surface area (Å²) in [5, 5.41) is 0. The standard InChI is InChI=1S/C64H45NO2S/c66-62(67-44-45-20-5-1-6-21-45)46-36-41-55-54-30-13-14-31-56(54)63(59(55)42-46,47-22-7-2-8-23-47)49-37-39-52(40-38-49)65(51-27-11-4-12-28-51)53-29-19-26-50(43-53)64(48-24-9-3-10-25-48)57-32-15-17-34-60(57)68-61-35-18-16-33-58(61)64/h1-43H,44H2. The maximum Gasteiger partial charge on any atom is 0.338 e. The molecule has 0 saturated heterocycles. The van der Waals surface area contributed by atoms with E-state index in [1.54, 1.807) is 0 Å². The van der Waals surface area contributed by atoms with Gasteiger partial charge in [0.05, 0.1) is 16.4 Å². The summed E-state index contributed by atoms with van der Waals surface area (Å²) >= 11 is 1.85. The fraction of sp³-hybridized carbons (Fsp3) is 0.0469. The summed E-state index contributed by atoms with van der Waals surface area (Å²) in [7, 11) is 0. The molecule has 4 heteroatoms. The minimum absolute atomic E-state index is 0.204. The van der Waals surface area contributed by atoms with Crippen LogP contribution in [0.5, 0.6) is 0 Å². The fourth-order valence-corrected chi connectivity index (χ4v) is 12.1. The Kier molecular flexibility index (Phi) is 10.5. The van der Waals surface area contributed by atoms with Crippen LogP contribution in [0.15, 0.2) is 271 Å². The Balaban J connectivity index is 1.02. The summed E-state index contributed by atoms with van der Waals surface area (Å²) < 4.78 is 5.92. The quantitative estimate of drug-likeness (QED) is 0.128. The van der Waals surface area contributed by atoms with E-state index >= 15 is 0 Å². The van der Waals surface area contributed by atoms with E-state index in [0.717, 1.165) is 50.4 Å². The predicted octanol–water partition coefficient (Wildman–Crippen LogP) is 15.7. The number of rotatable bonds is 10. The lowest BCUT2D eigenvalue weighted by molar-refractivity contribution is 0.0472. The maximum absolute atomic E-state index is 13.9. The first-order chi connectivity index (χ1) is 33.6. The van der Waals surface area contributed by atoms with Crippen molar-refractivity contribution in [2.75, 3.05) is 4.90 Å². The van der Waals surface area contributed by atoms with E-state index < -0.39 is 10.8 Å². The normalized spacial score (nSPS) is 15.0. The molecular weight excluding hydrogens is 847 g/mol. The highest BCUT2D eigenvalue weighted by Gasteiger charge is 2.47. The van der Waals surface area contributed by atoms with Crippen molar-refractivity contribution in [1.29, 1.82) is 0 Å². The van der Waals surface area contributed by atoms with Crippen LogP contribution in [0.4, 0.5) is 17.1 Å². The molecular formula is C64H45NO2S. The largest absolute Gasteiger partial charge is 0.457 e. The molecule has 0 amide bonds. The summed E-state index contributed by atoms with van der Waals surface area (Å²) in [6.07, 6.45) is 0. The number of hydrogen-bond donors (Lipinski definition) is 0. The van der Waals surface area contributed by atoms with Crippen LogP contribution in [0.3, 0.4) is 0 Å². The van der Waals surface area contributed by atoms with Gasteiger partial charge in [-0.1, -0.05) is 212 Å². The second kappa shape index (κ2) is 17.2. The van der Waals surface area contributed by atoms with E-state index in [9.17, 15) is 4.79 Å². The molecule has 0 radical (unpaired) electrons. The molecule has 0 bridgehead atoms. The van der Waals surface area contributed by atoms with Crippen molar-refractivity contribution < 1.29 is 9.53 Å². The first-order valence-corrected chi connectivity index (χ1v) is 24.0. The molecule has 0 aromatic heterocycles. The monoisotopic (exact) mass is 891 g/mol. The van der Waals surface area contributed by atoms with Crippen LogP contribution >= 0.6 is 11.8 Å². The molecule has 10 aromatic carbocycles. The highest BCUT2D eigenvalue weighted by Crippen LogP contribution is 2.58. The zero-order valence-corrected chi connectivity index (χ0v) is 38.0. The number of para-hydroxylation sites is 1. The van der Waals surface area contributed by atoms with Gasteiger partial charge in [-0.25, -0.2) is 4.79 Å². The van der Waals surface area contributed by atoms with Gasteiger partial charge >= 0.3 is 5.97 Å². The summed E-state index contributed by atoms with van der Waals surface area (Å²) in [4.78, 5) is 18.8. The highest BCUT2D eigenvalue weighted by molar-refractivity contribution is 7.99. The van der Waals surface area contributed by atoms with Crippen LogP contribution in [-0.4, -0.2) is 5.97 Å². The lowest BCUT2D eigenvalue weighted by atomic mass is 9.64. The first kappa shape index (κ1) is 41.3. The van der Waals surface area contributed by atoms with E-state index in [4.69, 9.17) is 4.74 Å². The van der Waals surface area contributed by atoms with E-state index in [2.05, 4.69) is 229 Å². The van der Waals surface area contributed by atoms with Crippen LogP contribution in [0.2, 0.25) is 0 Å². The average molecular weight is 892 g/mol. The Hall–Kier alpha value is -8.18.